The number of anilines is 2. The first-order chi connectivity index (χ1) is 13.5. The van der Waals surface area contributed by atoms with Crippen LogP contribution in [-0.4, -0.2) is 48.4 Å². The molecular weight excluding hydrogens is 366 g/mol. The highest BCUT2D eigenvalue weighted by molar-refractivity contribution is 5.87. The summed E-state index contributed by atoms with van der Waals surface area (Å²) in [5, 5.41) is 0. The Kier molecular flexibility index (Phi) is 5.11. The topological polar surface area (TPSA) is 58.6 Å². The Balaban J connectivity index is 1.54. The molecule has 2 aromatic heterocycles. The van der Waals surface area contributed by atoms with Crippen molar-refractivity contribution in [2.45, 2.75) is 32.5 Å². The number of rotatable bonds is 4. The van der Waals surface area contributed by atoms with Crippen molar-refractivity contribution in [1.82, 2.24) is 9.97 Å². The molecule has 2 aromatic rings. The third-order valence-electron chi connectivity index (χ3n) is 5.16. The van der Waals surface area contributed by atoms with Crippen LogP contribution in [0, 0.1) is 5.95 Å². The van der Waals surface area contributed by atoms with Gasteiger partial charge in [0.25, 0.3) is 0 Å². The Morgan fingerprint density at radius 2 is 2.11 bits per heavy atom. The number of carbonyl (C=O) groups is 1. The van der Waals surface area contributed by atoms with Crippen LogP contribution in [0.1, 0.15) is 35.0 Å². The van der Waals surface area contributed by atoms with Crippen LogP contribution in [0.5, 0.6) is 0 Å². The molecule has 6 nitrogen and oxygen atoms in total. The van der Waals surface area contributed by atoms with Crippen LogP contribution in [0.3, 0.4) is 0 Å². The largest absolute Gasteiger partial charge is 0.461 e. The molecule has 0 spiro atoms. The summed E-state index contributed by atoms with van der Waals surface area (Å²) < 4.78 is 32.6. The highest BCUT2D eigenvalue weighted by Gasteiger charge is 2.25. The second-order valence-corrected chi connectivity index (χ2v) is 7.07. The molecule has 28 heavy (non-hydrogen) atoms. The summed E-state index contributed by atoms with van der Waals surface area (Å²) >= 11 is 0. The molecule has 0 saturated carbocycles. The Bertz CT molecular complexity index is 893. The summed E-state index contributed by atoms with van der Waals surface area (Å²) in [5.41, 5.74) is 3.05. The average molecular weight is 388 g/mol. The van der Waals surface area contributed by atoms with Crippen LogP contribution in [0.15, 0.2) is 24.4 Å². The average Bonchev–Trinajstić information content (AvgIpc) is 3.13. The number of nitrogens with zero attached hydrogens (tertiary/aromatic N) is 4. The summed E-state index contributed by atoms with van der Waals surface area (Å²) in [4.78, 5) is 23.8. The summed E-state index contributed by atoms with van der Waals surface area (Å²) in [7, 11) is 0. The van der Waals surface area contributed by atoms with E-state index in [2.05, 4.69) is 9.97 Å². The predicted molar refractivity (Wildman–Crippen MR) is 101 cm³/mol. The van der Waals surface area contributed by atoms with Crippen molar-refractivity contribution in [2.75, 3.05) is 36.0 Å². The maximum atomic E-state index is 14.1. The van der Waals surface area contributed by atoms with Crippen molar-refractivity contribution >= 4 is 17.5 Å². The molecule has 8 heteroatoms. The van der Waals surface area contributed by atoms with E-state index in [1.165, 1.54) is 6.07 Å². The van der Waals surface area contributed by atoms with Crippen LogP contribution in [0.2, 0.25) is 0 Å². The van der Waals surface area contributed by atoms with Gasteiger partial charge in [0.2, 0.25) is 5.95 Å². The van der Waals surface area contributed by atoms with Crippen molar-refractivity contribution in [3.05, 3.63) is 47.2 Å². The monoisotopic (exact) mass is 388 g/mol. The standard InChI is InChI=1S/C20H22F2N4O2/c1-2-28-20(27)17-7-13-3-5-25(11-14(13)10-23-17)16-8-18(22)24-19(9-16)26-6-4-15(21)12-26/h7-10,15H,2-6,11-12H2,1H3. The number of pyridine rings is 2. The first-order valence-corrected chi connectivity index (χ1v) is 9.50. The molecule has 148 valence electrons. The Morgan fingerprint density at radius 3 is 2.86 bits per heavy atom. The van der Waals surface area contributed by atoms with E-state index < -0.39 is 18.1 Å². The molecule has 1 fully saturated rings. The molecule has 4 heterocycles. The van der Waals surface area contributed by atoms with Crippen LogP contribution >= 0.6 is 0 Å². The number of fused-ring (bicyclic) bond motifs is 1. The van der Waals surface area contributed by atoms with E-state index in [9.17, 15) is 13.6 Å². The molecule has 2 aliphatic heterocycles. The molecule has 0 bridgehead atoms. The lowest BCUT2D eigenvalue weighted by Gasteiger charge is -2.31. The van der Waals surface area contributed by atoms with Crippen LogP contribution in [0.25, 0.3) is 0 Å². The zero-order valence-corrected chi connectivity index (χ0v) is 15.7. The van der Waals surface area contributed by atoms with Crippen molar-refractivity contribution in [3.8, 4) is 0 Å². The lowest BCUT2D eigenvalue weighted by molar-refractivity contribution is 0.0519. The molecule has 1 saturated heterocycles. The van der Waals surface area contributed by atoms with Gasteiger partial charge in [-0.3, -0.25) is 0 Å². The molecular formula is C20H22F2N4O2. The fourth-order valence-electron chi connectivity index (χ4n) is 3.72. The number of ether oxygens (including phenoxy) is 1. The van der Waals surface area contributed by atoms with Gasteiger partial charge in [0.05, 0.1) is 13.2 Å². The van der Waals surface area contributed by atoms with Crippen molar-refractivity contribution < 1.29 is 18.3 Å². The van der Waals surface area contributed by atoms with Gasteiger partial charge in [-0.1, -0.05) is 0 Å². The zero-order chi connectivity index (χ0) is 19.7. The quantitative estimate of drug-likeness (QED) is 0.593. The van der Waals surface area contributed by atoms with E-state index in [0.717, 1.165) is 11.1 Å². The number of carbonyl (C=O) groups excluding carboxylic acids is 1. The molecule has 0 N–H and O–H groups in total. The fraction of sp³-hybridized carbons (Fsp3) is 0.450. The third kappa shape index (κ3) is 3.76. The van der Waals surface area contributed by atoms with Crippen molar-refractivity contribution in [3.63, 3.8) is 0 Å². The first kappa shape index (κ1) is 18.6. The molecule has 1 unspecified atom stereocenters. The number of alkyl halides is 1. The minimum atomic E-state index is -0.893. The van der Waals surface area contributed by atoms with Crippen LogP contribution < -0.4 is 9.80 Å². The van der Waals surface area contributed by atoms with Crippen molar-refractivity contribution in [1.29, 1.82) is 0 Å². The highest BCUT2D eigenvalue weighted by Crippen LogP contribution is 2.29. The van der Waals surface area contributed by atoms with Gasteiger partial charge in [0.1, 0.15) is 17.7 Å². The molecule has 4 rings (SSSR count). The number of hydrogen-bond donors (Lipinski definition) is 0. The van der Waals surface area contributed by atoms with E-state index in [4.69, 9.17) is 4.74 Å². The van der Waals surface area contributed by atoms with E-state index in [-0.39, 0.29) is 6.54 Å². The summed E-state index contributed by atoms with van der Waals surface area (Å²) in [6.07, 6.45) is 1.94. The van der Waals surface area contributed by atoms with Gasteiger partial charge >= 0.3 is 5.97 Å². The second kappa shape index (κ2) is 7.69. The Labute approximate surface area is 162 Å². The van der Waals surface area contributed by atoms with Crippen LogP contribution in [0.4, 0.5) is 20.3 Å². The Morgan fingerprint density at radius 1 is 1.25 bits per heavy atom. The maximum absolute atomic E-state index is 14.1. The predicted octanol–water partition coefficient (Wildman–Crippen LogP) is 2.90. The van der Waals surface area contributed by atoms with Gasteiger partial charge in [0, 0.05) is 43.7 Å². The van der Waals surface area contributed by atoms with E-state index >= 15 is 0 Å². The molecule has 0 amide bonds. The minimum Gasteiger partial charge on any atom is -0.461 e. The van der Waals surface area contributed by atoms with Crippen molar-refractivity contribution in [2.24, 2.45) is 0 Å². The van der Waals surface area contributed by atoms with Gasteiger partial charge in [-0.25, -0.2) is 19.2 Å². The van der Waals surface area contributed by atoms with E-state index in [1.807, 2.05) is 11.0 Å². The van der Waals surface area contributed by atoms with Gasteiger partial charge in [-0.05, 0) is 37.0 Å². The molecule has 0 radical (unpaired) electrons. The van der Waals surface area contributed by atoms with Gasteiger partial charge < -0.3 is 14.5 Å². The summed E-state index contributed by atoms with van der Waals surface area (Å²) in [6, 6.07) is 4.99. The summed E-state index contributed by atoms with van der Waals surface area (Å²) in [6.45, 7) is 4.08. The Hall–Kier alpha value is -2.77. The third-order valence-corrected chi connectivity index (χ3v) is 5.16. The van der Waals surface area contributed by atoms with E-state index in [0.29, 0.717) is 56.3 Å². The minimum absolute atomic E-state index is 0.249. The normalized spacial score (nSPS) is 18.9. The smallest absolute Gasteiger partial charge is 0.356 e. The lowest BCUT2D eigenvalue weighted by Crippen LogP contribution is -2.31. The molecule has 1 atom stereocenters. The number of esters is 1. The second-order valence-electron chi connectivity index (χ2n) is 7.07. The summed E-state index contributed by atoms with van der Waals surface area (Å²) in [5.74, 6) is -0.529. The number of halogens is 2. The molecule has 0 aromatic carbocycles. The highest BCUT2D eigenvalue weighted by atomic mass is 19.1. The SMILES string of the molecule is CCOC(=O)c1cc2c(cn1)CN(c1cc(F)nc(N3CCC(F)C3)c1)CC2. The van der Waals surface area contributed by atoms with Gasteiger partial charge in [-0.2, -0.15) is 4.39 Å². The number of aromatic nitrogens is 2. The van der Waals surface area contributed by atoms with Gasteiger partial charge in [0.15, 0.2) is 0 Å². The number of hydrogen-bond acceptors (Lipinski definition) is 6. The zero-order valence-electron chi connectivity index (χ0n) is 15.7. The maximum Gasteiger partial charge on any atom is 0.356 e. The van der Waals surface area contributed by atoms with Gasteiger partial charge in [-0.15, -0.1) is 0 Å². The van der Waals surface area contributed by atoms with Crippen LogP contribution in [-0.2, 0) is 17.7 Å². The molecule has 0 aliphatic carbocycles. The first-order valence-electron chi connectivity index (χ1n) is 9.50. The fourth-order valence-corrected chi connectivity index (χ4v) is 3.72. The van der Waals surface area contributed by atoms with E-state index in [1.54, 1.807) is 24.1 Å². The lowest BCUT2D eigenvalue weighted by atomic mass is 10.0. The molecule has 2 aliphatic rings.